The molecule has 110 valence electrons. The number of rotatable bonds is 5. The van der Waals surface area contributed by atoms with Crippen molar-refractivity contribution in [1.29, 1.82) is 0 Å². The van der Waals surface area contributed by atoms with Crippen LogP contribution in [0.2, 0.25) is 0 Å². The van der Waals surface area contributed by atoms with Gasteiger partial charge in [-0.2, -0.15) is 4.98 Å². The molecule has 0 aliphatic rings. The Morgan fingerprint density at radius 2 is 2.10 bits per heavy atom. The predicted octanol–water partition coefficient (Wildman–Crippen LogP) is 1.71. The number of anilines is 2. The third-order valence-corrected chi connectivity index (χ3v) is 3.77. The van der Waals surface area contributed by atoms with E-state index in [1.165, 1.54) is 11.3 Å². The van der Waals surface area contributed by atoms with Crippen molar-refractivity contribution in [2.75, 3.05) is 17.6 Å². The van der Waals surface area contributed by atoms with E-state index in [9.17, 15) is 0 Å². The molecule has 3 aromatic rings. The number of aromatic nitrogens is 5. The van der Waals surface area contributed by atoms with Crippen LogP contribution in [0.3, 0.4) is 0 Å². The van der Waals surface area contributed by atoms with Crippen molar-refractivity contribution in [3.8, 4) is 0 Å². The normalized spacial score (nSPS) is 11.1. The highest BCUT2D eigenvalue weighted by Gasteiger charge is 2.13. The van der Waals surface area contributed by atoms with Crippen LogP contribution in [0.4, 0.5) is 10.9 Å². The third kappa shape index (κ3) is 2.92. The van der Waals surface area contributed by atoms with Crippen LogP contribution in [0.25, 0.3) is 11.1 Å². The van der Waals surface area contributed by atoms with Gasteiger partial charge in [0, 0.05) is 13.0 Å². The summed E-state index contributed by atoms with van der Waals surface area (Å²) in [5.41, 5.74) is 6.85. The minimum absolute atomic E-state index is 0.506. The van der Waals surface area contributed by atoms with Crippen molar-refractivity contribution in [1.82, 2.24) is 25.3 Å². The molecule has 0 aliphatic carbocycles. The van der Waals surface area contributed by atoms with Gasteiger partial charge in [-0.3, -0.25) is 0 Å². The fourth-order valence-electron chi connectivity index (χ4n) is 2.04. The molecule has 21 heavy (non-hydrogen) atoms. The minimum atomic E-state index is 0.506. The lowest BCUT2D eigenvalue weighted by Gasteiger charge is -2.06. The molecular weight excluding hydrogens is 290 g/mol. The highest BCUT2D eigenvalue weighted by Crippen LogP contribution is 2.23. The standard InChI is InChI=1S/C12H15N7OS/c1-6-9-10(15-7(2)16-11(9)20-19-6)14-5-3-4-8-17-18-12(13)21-8/h3-5H2,1-2H3,(H2,13,18)(H,14,15,16). The van der Waals surface area contributed by atoms with Crippen molar-refractivity contribution in [2.45, 2.75) is 26.7 Å². The molecule has 0 aliphatic heterocycles. The van der Waals surface area contributed by atoms with Crippen molar-refractivity contribution >= 4 is 33.4 Å². The van der Waals surface area contributed by atoms with Crippen molar-refractivity contribution in [2.24, 2.45) is 0 Å². The first-order valence-corrected chi connectivity index (χ1v) is 7.37. The number of nitrogens with two attached hydrogens (primary N) is 1. The quantitative estimate of drug-likeness (QED) is 0.684. The third-order valence-electron chi connectivity index (χ3n) is 2.96. The summed E-state index contributed by atoms with van der Waals surface area (Å²) in [6.07, 6.45) is 1.74. The van der Waals surface area contributed by atoms with Gasteiger partial charge in [0.25, 0.3) is 5.71 Å². The van der Waals surface area contributed by atoms with E-state index in [0.29, 0.717) is 16.7 Å². The van der Waals surface area contributed by atoms with Crippen LogP contribution in [0.15, 0.2) is 4.52 Å². The second-order valence-corrected chi connectivity index (χ2v) is 5.73. The molecule has 3 N–H and O–H groups in total. The van der Waals surface area contributed by atoms with E-state index in [-0.39, 0.29) is 0 Å². The summed E-state index contributed by atoms with van der Waals surface area (Å²) >= 11 is 1.42. The fraction of sp³-hybridized carbons (Fsp3) is 0.417. The maximum Gasteiger partial charge on any atom is 0.263 e. The van der Waals surface area contributed by atoms with E-state index in [1.54, 1.807) is 0 Å². The average molecular weight is 305 g/mol. The molecule has 0 radical (unpaired) electrons. The van der Waals surface area contributed by atoms with Gasteiger partial charge >= 0.3 is 0 Å². The van der Waals surface area contributed by atoms with Gasteiger partial charge in [-0.25, -0.2) is 4.98 Å². The molecule has 0 bridgehead atoms. The lowest BCUT2D eigenvalue weighted by molar-refractivity contribution is 0.442. The molecule has 0 unspecified atom stereocenters. The lowest BCUT2D eigenvalue weighted by Crippen LogP contribution is -2.06. The number of nitrogens with zero attached hydrogens (tertiary/aromatic N) is 5. The zero-order valence-electron chi connectivity index (χ0n) is 11.8. The van der Waals surface area contributed by atoms with E-state index < -0.39 is 0 Å². The van der Waals surface area contributed by atoms with E-state index in [4.69, 9.17) is 10.3 Å². The zero-order chi connectivity index (χ0) is 14.8. The van der Waals surface area contributed by atoms with Crippen molar-refractivity contribution in [3.63, 3.8) is 0 Å². The first-order valence-electron chi connectivity index (χ1n) is 6.56. The number of fused-ring (bicyclic) bond motifs is 1. The highest BCUT2D eigenvalue weighted by atomic mass is 32.1. The van der Waals surface area contributed by atoms with Crippen LogP contribution in [-0.2, 0) is 6.42 Å². The number of hydrogen-bond donors (Lipinski definition) is 2. The van der Waals surface area contributed by atoms with Gasteiger partial charge in [-0.1, -0.05) is 16.5 Å². The monoisotopic (exact) mass is 305 g/mol. The van der Waals surface area contributed by atoms with Gasteiger partial charge in [0.05, 0.1) is 5.69 Å². The molecular formula is C12H15N7OS. The Kier molecular flexibility index (Phi) is 3.65. The van der Waals surface area contributed by atoms with Crippen molar-refractivity contribution < 1.29 is 4.52 Å². The van der Waals surface area contributed by atoms with Gasteiger partial charge in [0.2, 0.25) is 5.13 Å². The number of nitrogen functional groups attached to an aromatic ring is 1. The summed E-state index contributed by atoms with van der Waals surface area (Å²) in [6.45, 7) is 4.46. The molecule has 0 spiro atoms. The van der Waals surface area contributed by atoms with Crippen LogP contribution in [0.5, 0.6) is 0 Å². The molecule has 0 fully saturated rings. The number of aryl methyl sites for hydroxylation is 3. The fourth-order valence-corrected chi connectivity index (χ4v) is 2.69. The summed E-state index contributed by atoms with van der Waals surface area (Å²) < 4.78 is 5.18. The molecule has 3 aromatic heterocycles. The van der Waals surface area contributed by atoms with Crippen LogP contribution in [0.1, 0.15) is 22.9 Å². The summed E-state index contributed by atoms with van der Waals surface area (Å²) in [6, 6.07) is 0. The van der Waals surface area contributed by atoms with Gasteiger partial charge in [0.1, 0.15) is 22.0 Å². The topological polar surface area (TPSA) is 116 Å². The maximum atomic E-state index is 5.55. The molecule has 0 saturated carbocycles. The Hall–Kier alpha value is -2.29. The summed E-state index contributed by atoms with van der Waals surface area (Å²) in [7, 11) is 0. The zero-order valence-corrected chi connectivity index (χ0v) is 12.6. The number of hydrogen-bond acceptors (Lipinski definition) is 9. The Bertz CT molecular complexity index is 766. The Morgan fingerprint density at radius 3 is 2.86 bits per heavy atom. The van der Waals surface area contributed by atoms with Gasteiger partial charge in [0.15, 0.2) is 0 Å². The molecule has 3 rings (SSSR count). The second-order valence-electron chi connectivity index (χ2n) is 4.63. The van der Waals surface area contributed by atoms with Gasteiger partial charge < -0.3 is 15.6 Å². The van der Waals surface area contributed by atoms with E-state index in [1.807, 2.05) is 13.8 Å². The summed E-state index contributed by atoms with van der Waals surface area (Å²) in [5, 5.41) is 17.3. The van der Waals surface area contributed by atoms with Crippen LogP contribution < -0.4 is 11.1 Å². The van der Waals surface area contributed by atoms with E-state index in [2.05, 4.69) is 30.6 Å². The smallest absolute Gasteiger partial charge is 0.263 e. The van der Waals surface area contributed by atoms with Crippen molar-refractivity contribution in [3.05, 3.63) is 16.5 Å². The van der Waals surface area contributed by atoms with E-state index in [0.717, 1.165) is 41.3 Å². The number of nitrogens with one attached hydrogen (secondary N) is 1. The molecule has 3 heterocycles. The predicted molar refractivity (Wildman–Crippen MR) is 80.2 cm³/mol. The largest absolute Gasteiger partial charge is 0.374 e. The van der Waals surface area contributed by atoms with Crippen LogP contribution in [-0.4, -0.2) is 31.9 Å². The summed E-state index contributed by atoms with van der Waals surface area (Å²) in [5.74, 6) is 1.41. The molecule has 0 amide bonds. The van der Waals surface area contributed by atoms with Gasteiger partial charge in [-0.05, 0) is 20.3 Å². The average Bonchev–Trinajstić information content (AvgIpc) is 3.01. The first-order chi connectivity index (χ1) is 10.1. The Labute approximate surface area is 124 Å². The molecule has 9 heteroatoms. The second kappa shape index (κ2) is 5.60. The maximum absolute atomic E-state index is 5.55. The molecule has 8 nitrogen and oxygen atoms in total. The van der Waals surface area contributed by atoms with Crippen LogP contribution >= 0.6 is 11.3 Å². The highest BCUT2D eigenvalue weighted by molar-refractivity contribution is 7.15. The van der Waals surface area contributed by atoms with E-state index >= 15 is 0 Å². The Balaban J connectivity index is 1.66. The first kappa shape index (κ1) is 13.7. The lowest BCUT2D eigenvalue weighted by atomic mass is 10.3. The molecule has 0 atom stereocenters. The minimum Gasteiger partial charge on any atom is -0.374 e. The Morgan fingerprint density at radius 1 is 1.24 bits per heavy atom. The summed E-state index contributed by atoms with van der Waals surface area (Å²) in [4.78, 5) is 8.64. The SMILES string of the molecule is Cc1nc(NCCCc2nnc(N)s2)c2c(C)noc2n1. The molecule has 0 aromatic carbocycles. The molecule has 0 saturated heterocycles. The van der Waals surface area contributed by atoms with Crippen LogP contribution in [0, 0.1) is 13.8 Å². The van der Waals surface area contributed by atoms with Gasteiger partial charge in [-0.15, -0.1) is 10.2 Å².